The lowest BCUT2D eigenvalue weighted by molar-refractivity contribution is -0.125. The molecule has 0 N–H and O–H groups in total. The first-order valence-electron chi connectivity index (χ1n) is 2.60. The van der Waals surface area contributed by atoms with Crippen molar-refractivity contribution in [1.29, 1.82) is 0 Å². The Labute approximate surface area is 61.1 Å². The highest BCUT2D eigenvalue weighted by molar-refractivity contribution is 9.12. The third-order valence-corrected chi connectivity index (χ3v) is 1.90. The van der Waals surface area contributed by atoms with Crippen molar-refractivity contribution in [1.82, 2.24) is 0 Å². The Balaban J connectivity index is 2.79. The third kappa shape index (κ3) is 1.48. The molecule has 0 saturated heterocycles. The number of halogens is 1. The number of rotatable bonds is 0. The van der Waals surface area contributed by atoms with Gasteiger partial charge in [0.25, 0.3) is 0 Å². The summed E-state index contributed by atoms with van der Waals surface area (Å²) < 4.78 is 0.544. The molecule has 1 aliphatic rings. The molecule has 0 saturated carbocycles. The van der Waals surface area contributed by atoms with Crippen LogP contribution in [0.1, 0.15) is 12.8 Å². The molecule has 0 aromatic carbocycles. The van der Waals surface area contributed by atoms with E-state index >= 15 is 0 Å². The predicted octanol–water partition coefficient (Wildman–Crippen LogP) is 1.20. The van der Waals surface area contributed by atoms with Crippen LogP contribution in [-0.2, 0) is 9.59 Å². The van der Waals surface area contributed by atoms with Crippen LogP contribution in [0.4, 0.5) is 0 Å². The quantitative estimate of drug-likeness (QED) is 0.536. The van der Waals surface area contributed by atoms with Gasteiger partial charge in [0.2, 0.25) is 0 Å². The standard InChI is InChI=1S/C6H5BrO2/c7-5-2-1-4(8)3-6(5)9/h2H,1,3H2. The number of carbonyl (C=O) groups is 2. The lowest BCUT2D eigenvalue weighted by Gasteiger charge is -2.02. The zero-order valence-corrected chi connectivity index (χ0v) is 6.27. The van der Waals surface area contributed by atoms with E-state index in [0.29, 0.717) is 10.9 Å². The van der Waals surface area contributed by atoms with Crippen molar-refractivity contribution in [2.75, 3.05) is 0 Å². The van der Waals surface area contributed by atoms with Crippen LogP contribution in [0.5, 0.6) is 0 Å². The molecule has 3 heteroatoms. The van der Waals surface area contributed by atoms with E-state index in [1.807, 2.05) is 0 Å². The summed E-state index contributed by atoms with van der Waals surface area (Å²) in [7, 11) is 0. The van der Waals surface area contributed by atoms with Crippen LogP contribution < -0.4 is 0 Å². The highest BCUT2D eigenvalue weighted by Crippen LogP contribution is 2.15. The van der Waals surface area contributed by atoms with Crippen LogP contribution >= 0.6 is 15.9 Å². The van der Waals surface area contributed by atoms with Gasteiger partial charge in [0.05, 0.1) is 10.9 Å². The van der Waals surface area contributed by atoms with Crippen LogP contribution in [0.2, 0.25) is 0 Å². The molecule has 0 fully saturated rings. The van der Waals surface area contributed by atoms with Crippen LogP contribution in [0.3, 0.4) is 0 Å². The summed E-state index contributed by atoms with van der Waals surface area (Å²) in [5, 5.41) is 0. The van der Waals surface area contributed by atoms with Gasteiger partial charge in [0.15, 0.2) is 5.78 Å². The second-order valence-electron chi connectivity index (χ2n) is 1.89. The predicted molar refractivity (Wildman–Crippen MR) is 36.3 cm³/mol. The van der Waals surface area contributed by atoms with Crippen molar-refractivity contribution in [3.8, 4) is 0 Å². The fourth-order valence-corrected chi connectivity index (χ4v) is 0.955. The summed E-state index contributed by atoms with van der Waals surface area (Å²) >= 11 is 3.04. The molecule has 9 heavy (non-hydrogen) atoms. The van der Waals surface area contributed by atoms with Crippen LogP contribution in [0.15, 0.2) is 10.6 Å². The van der Waals surface area contributed by atoms with Crippen molar-refractivity contribution in [2.24, 2.45) is 0 Å². The maximum atomic E-state index is 10.7. The Hall–Kier alpha value is -0.440. The summed E-state index contributed by atoms with van der Waals surface area (Å²) in [4.78, 5) is 21.2. The molecule has 0 bridgehead atoms. The largest absolute Gasteiger partial charge is 0.299 e. The number of Topliss-reactive ketones (excluding diaryl/α,β-unsaturated/α-hetero) is 2. The molecule has 0 radical (unpaired) electrons. The summed E-state index contributed by atoms with van der Waals surface area (Å²) in [5.74, 6) is -0.102. The maximum Gasteiger partial charge on any atom is 0.176 e. The zero-order valence-electron chi connectivity index (χ0n) is 4.69. The molecule has 2 nitrogen and oxygen atoms in total. The van der Waals surface area contributed by atoms with E-state index in [-0.39, 0.29) is 18.0 Å². The minimum atomic E-state index is -0.105. The molecular weight excluding hydrogens is 184 g/mol. The molecular formula is C6H5BrO2. The first-order valence-corrected chi connectivity index (χ1v) is 3.40. The third-order valence-electron chi connectivity index (χ3n) is 1.13. The average Bonchev–Trinajstić information content (AvgIpc) is 1.80. The Morgan fingerprint density at radius 3 is 2.56 bits per heavy atom. The molecule has 0 spiro atoms. The Bertz CT molecular complexity index is 193. The minimum absolute atomic E-state index is 0.00296. The van der Waals surface area contributed by atoms with E-state index < -0.39 is 0 Å². The smallest absolute Gasteiger partial charge is 0.176 e. The van der Waals surface area contributed by atoms with E-state index in [0.717, 1.165) is 0 Å². The molecule has 0 aromatic heterocycles. The fourth-order valence-electron chi connectivity index (χ4n) is 0.653. The lowest BCUT2D eigenvalue weighted by Crippen LogP contribution is -2.11. The highest BCUT2D eigenvalue weighted by atomic mass is 79.9. The van der Waals surface area contributed by atoms with E-state index in [4.69, 9.17) is 0 Å². The van der Waals surface area contributed by atoms with Crippen LogP contribution in [0, 0.1) is 0 Å². The Kier molecular flexibility index (Phi) is 1.81. The minimum Gasteiger partial charge on any atom is -0.299 e. The van der Waals surface area contributed by atoms with Gasteiger partial charge in [0, 0.05) is 6.42 Å². The molecule has 0 aromatic rings. The van der Waals surface area contributed by atoms with Crippen LogP contribution in [-0.4, -0.2) is 11.6 Å². The molecule has 0 atom stereocenters. The first kappa shape index (κ1) is 6.68. The van der Waals surface area contributed by atoms with E-state index in [9.17, 15) is 9.59 Å². The fraction of sp³-hybridized carbons (Fsp3) is 0.333. The number of ketones is 2. The van der Waals surface area contributed by atoms with E-state index in [1.54, 1.807) is 6.08 Å². The first-order chi connectivity index (χ1) is 4.20. The van der Waals surface area contributed by atoms with Gasteiger partial charge in [-0.25, -0.2) is 0 Å². The molecule has 0 amide bonds. The number of hydrogen-bond acceptors (Lipinski definition) is 2. The van der Waals surface area contributed by atoms with Crippen LogP contribution in [0.25, 0.3) is 0 Å². The molecule has 1 aliphatic carbocycles. The molecule has 48 valence electrons. The summed E-state index contributed by atoms with van der Waals surface area (Å²) in [6.07, 6.45) is 2.07. The second kappa shape index (κ2) is 2.43. The topological polar surface area (TPSA) is 34.1 Å². The van der Waals surface area contributed by atoms with Crippen molar-refractivity contribution < 1.29 is 9.59 Å². The molecule has 0 unspecified atom stereocenters. The summed E-state index contributed by atoms with van der Waals surface area (Å²) in [6.45, 7) is 0. The summed E-state index contributed by atoms with van der Waals surface area (Å²) in [6, 6.07) is 0. The maximum absolute atomic E-state index is 10.7. The highest BCUT2D eigenvalue weighted by Gasteiger charge is 2.16. The summed E-state index contributed by atoms with van der Waals surface area (Å²) in [5.41, 5.74) is 0. The molecule has 0 aliphatic heterocycles. The average molecular weight is 189 g/mol. The van der Waals surface area contributed by atoms with Gasteiger partial charge in [-0.15, -0.1) is 0 Å². The van der Waals surface area contributed by atoms with Crippen molar-refractivity contribution in [3.05, 3.63) is 10.6 Å². The van der Waals surface area contributed by atoms with Crippen molar-refractivity contribution in [2.45, 2.75) is 12.8 Å². The van der Waals surface area contributed by atoms with Gasteiger partial charge in [-0.05, 0) is 15.9 Å². The van der Waals surface area contributed by atoms with Gasteiger partial charge < -0.3 is 0 Å². The van der Waals surface area contributed by atoms with Gasteiger partial charge in [0.1, 0.15) is 5.78 Å². The second-order valence-corrected chi connectivity index (χ2v) is 2.75. The van der Waals surface area contributed by atoms with Gasteiger partial charge in [-0.3, -0.25) is 9.59 Å². The van der Waals surface area contributed by atoms with Crippen molar-refractivity contribution in [3.63, 3.8) is 0 Å². The van der Waals surface area contributed by atoms with Gasteiger partial charge in [-0.1, -0.05) is 6.08 Å². The number of carbonyl (C=O) groups excluding carboxylic acids is 2. The molecule has 1 rings (SSSR count). The van der Waals surface area contributed by atoms with Gasteiger partial charge in [-0.2, -0.15) is 0 Å². The molecule has 0 heterocycles. The van der Waals surface area contributed by atoms with E-state index in [1.165, 1.54) is 0 Å². The Morgan fingerprint density at radius 2 is 2.11 bits per heavy atom. The SMILES string of the molecule is O=C1CC=C(Br)C(=O)C1. The zero-order chi connectivity index (χ0) is 6.85. The number of allylic oxidation sites excluding steroid dienone is 2. The Morgan fingerprint density at radius 1 is 1.44 bits per heavy atom. The van der Waals surface area contributed by atoms with Crippen molar-refractivity contribution >= 4 is 27.5 Å². The number of hydrogen-bond donors (Lipinski definition) is 0. The van der Waals surface area contributed by atoms with Gasteiger partial charge >= 0.3 is 0 Å². The monoisotopic (exact) mass is 188 g/mol. The normalized spacial score (nSPS) is 19.9. The lowest BCUT2D eigenvalue weighted by atomic mass is 10.1. The van der Waals surface area contributed by atoms with E-state index in [2.05, 4.69) is 15.9 Å².